The first kappa shape index (κ1) is 18.2. The summed E-state index contributed by atoms with van der Waals surface area (Å²) >= 11 is 1.71. The zero-order chi connectivity index (χ0) is 17.4. The summed E-state index contributed by atoms with van der Waals surface area (Å²) in [7, 11) is 2.05. The van der Waals surface area contributed by atoms with Crippen LogP contribution in [-0.4, -0.2) is 45.8 Å². The molecular weight excluding hydrogens is 320 g/mol. The van der Waals surface area contributed by atoms with E-state index in [0.717, 1.165) is 43.4 Å². The lowest BCUT2D eigenvalue weighted by Crippen LogP contribution is -2.40. The van der Waals surface area contributed by atoms with Crippen LogP contribution in [-0.2, 0) is 19.5 Å². The first-order chi connectivity index (χ1) is 11.6. The monoisotopic (exact) mass is 346 g/mol. The molecule has 0 radical (unpaired) electrons. The van der Waals surface area contributed by atoms with E-state index in [1.807, 2.05) is 6.92 Å². The number of guanidine groups is 1. The maximum Gasteiger partial charge on any atom is 0.194 e. The van der Waals surface area contributed by atoms with Gasteiger partial charge >= 0.3 is 0 Å². The lowest BCUT2D eigenvalue weighted by Gasteiger charge is -2.22. The number of aryl methyl sites for hydroxylation is 1. The summed E-state index contributed by atoms with van der Waals surface area (Å²) in [5.74, 6) is 1.89. The molecule has 130 valence electrons. The maximum atomic E-state index is 4.66. The number of thiophene rings is 1. The van der Waals surface area contributed by atoms with Crippen molar-refractivity contribution >= 4 is 17.3 Å². The summed E-state index contributed by atoms with van der Waals surface area (Å²) < 4.78 is 2.07. The Balaban J connectivity index is 1.95. The zero-order valence-electron chi connectivity index (χ0n) is 14.7. The van der Waals surface area contributed by atoms with Crippen molar-refractivity contribution in [1.82, 2.24) is 25.0 Å². The van der Waals surface area contributed by atoms with Gasteiger partial charge in [-0.15, -0.1) is 10.2 Å². The third-order valence-corrected chi connectivity index (χ3v) is 4.24. The van der Waals surface area contributed by atoms with E-state index in [0.29, 0.717) is 6.54 Å². The highest BCUT2D eigenvalue weighted by atomic mass is 32.1. The highest BCUT2D eigenvalue weighted by Crippen LogP contribution is 2.08. The van der Waals surface area contributed by atoms with Crippen molar-refractivity contribution in [2.24, 2.45) is 4.99 Å². The maximum absolute atomic E-state index is 4.66. The summed E-state index contributed by atoms with van der Waals surface area (Å²) in [6.45, 7) is 11.1. The summed E-state index contributed by atoms with van der Waals surface area (Å²) in [6.07, 6.45) is 2.66. The fourth-order valence-electron chi connectivity index (χ4n) is 2.28. The molecule has 0 unspecified atom stereocenters. The molecule has 0 saturated heterocycles. The van der Waals surface area contributed by atoms with Gasteiger partial charge in [0.05, 0.1) is 6.54 Å². The second-order valence-electron chi connectivity index (χ2n) is 5.81. The third-order valence-electron chi connectivity index (χ3n) is 3.51. The Morgan fingerprint density at radius 2 is 2.33 bits per heavy atom. The SMILES string of the molecule is C=C(C)CN=C(NCCn1cnnc1CC)N(C)Cc1ccsc1. The zero-order valence-corrected chi connectivity index (χ0v) is 15.5. The molecule has 2 heterocycles. The van der Waals surface area contributed by atoms with Gasteiger partial charge in [-0.2, -0.15) is 11.3 Å². The van der Waals surface area contributed by atoms with Crippen molar-refractivity contribution in [3.05, 3.63) is 46.7 Å². The predicted molar refractivity (Wildman–Crippen MR) is 100 cm³/mol. The molecule has 6 nitrogen and oxygen atoms in total. The van der Waals surface area contributed by atoms with Crippen LogP contribution in [0.15, 0.2) is 40.3 Å². The Hall–Kier alpha value is -2.15. The van der Waals surface area contributed by atoms with E-state index < -0.39 is 0 Å². The molecule has 0 saturated carbocycles. The van der Waals surface area contributed by atoms with Crippen molar-refractivity contribution in [3.63, 3.8) is 0 Å². The minimum Gasteiger partial charge on any atom is -0.354 e. The number of aliphatic imine (C=N–C) groups is 1. The molecule has 2 aromatic heterocycles. The molecule has 0 atom stereocenters. The molecule has 7 heteroatoms. The fourth-order valence-corrected chi connectivity index (χ4v) is 2.94. The van der Waals surface area contributed by atoms with Gasteiger partial charge in [0, 0.05) is 33.1 Å². The van der Waals surface area contributed by atoms with Gasteiger partial charge in [-0.1, -0.05) is 19.1 Å². The van der Waals surface area contributed by atoms with E-state index in [9.17, 15) is 0 Å². The molecular formula is C17H26N6S. The van der Waals surface area contributed by atoms with E-state index in [2.05, 4.69) is 67.4 Å². The number of aromatic nitrogens is 3. The van der Waals surface area contributed by atoms with E-state index in [-0.39, 0.29) is 0 Å². The van der Waals surface area contributed by atoms with E-state index in [4.69, 9.17) is 0 Å². The minimum atomic E-state index is 0.628. The van der Waals surface area contributed by atoms with Crippen LogP contribution >= 0.6 is 11.3 Å². The molecule has 0 aliphatic carbocycles. The molecule has 2 aromatic rings. The van der Waals surface area contributed by atoms with Gasteiger partial charge in [0.25, 0.3) is 0 Å². The Morgan fingerprint density at radius 1 is 1.50 bits per heavy atom. The van der Waals surface area contributed by atoms with Crippen LogP contribution < -0.4 is 5.32 Å². The average Bonchev–Trinajstić information content (AvgIpc) is 3.21. The van der Waals surface area contributed by atoms with Gasteiger partial charge in [-0.25, -0.2) is 4.99 Å². The van der Waals surface area contributed by atoms with Gasteiger partial charge in [-0.3, -0.25) is 0 Å². The standard InChI is InChI=1S/C17H26N6S/c1-5-16-21-20-13-23(16)8-7-18-17(19-10-14(2)3)22(4)11-15-6-9-24-12-15/h6,9,12-13H,2,5,7-8,10-11H2,1,3-4H3,(H,18,19). The van der Waals surface area contributed by atoms with Crippen LogP contribution in [0.25, 0.3) is 0 Å². The summed E-state index contributed by atoms with van der Waals surface area (Å²) in [5.41, 5.74) is 2.34. The van der Waals surface area contributed by atoms with Crippen molar-refractivity contribution in [2.45, 2.75) is 33.4 Å². The fraction of sp³-hybridized carbons (Fsp3) is 0.471. The molecule has 0 aliphatic heterocycles. The molecule has 1 N–H and O–H groups in total. The Labute approximate surface area is 147 Å². The molecule has 2 rings (SSSR count). The third kappa shape index (κ3) is 5.49. The van der Waals surface area contributed by atoms with Crippen LogP contribution in [0.2, 0.25) is 0 Å². The number of rotatable bonds is 8. The van der Waals surface area contributed by atoms with Crippen LogP contribution in [0.5, 0.6) is 0 Å². The normalized spacial score (nSPS) is 11.5. The van der Waals surface area contributed by atoms with Gasteiger partial charge < -0.3 is 14.8 Å². The average molecular weight is 347 g/mol. The molecule has 0 fully saturated rings. The lowest BCUT2D eigenvalue weighted by atomic mass is 10.3. The molecule has 24 heavy (non-hydrogen) atoms. The van der Waals surface area contributed by atoms with E-state index >= 15 is 0 Å². The molecule has 0 aliphatic rings. The smallest absolute Gasteiger partial charge is 0.194 e. The Kier molecular flexibility index (Phi) is 6.99. The summed E-state index contributed by atoms with van der Waals surface area (Å²) in [4.78, 5) is 6.80. The van der Waals surface area contributed by atoms with Gasteiger partial charge in [0.15, 0.2) is 5.96 Å². The lowest BCUT2D eigenvalue weighted by molar-refractivity contribution is 0.472. The number of hydrogen-bond donors (Lipinski definition) is 1. The van der Waals surface area contributed by atoms with E-state index in [1.165, 1.54) is 5.56 Å². The van der Waals surface area contributed by atoms with Crippen molar-refractivity contribution < 1.29 is 0 Å². The summed E-state index contributed by atoms with van der Waals surface area (Å²) in [6, 6.07) is 2.14. The van der Waals surface area contributed by atoms with Crippen LogP contribution in [0.1, 0.15) is 25.2 Å². The topological polar surface area (TPSA) is 58.3 Å². The molecule has 0 spiro atoms. The Bertz CT molecular complexity index is 658. The second kappa shape index (κ2) is 9.22. The van der Waals surface area contributed by atoms with E-state index in [1.54, 1.807) is 17.7 Å². The second-order valence-corrected chi connectivity index (χ2v) is 6.59. The van der Waals surface area contributed by atoms with Crippen LogP contribution in [0.4, 0.5) is 0 Å². The van der Waals surface area contributed by atoms with Crippen molar-refractivity contribution in [1.29, 1.82) is 0 Å². The largest absolute Gasteiger partial charge is 0.354 e. The van der Waals surface area contributed by atoms with Crippen LogP contribution in [0.3, 0.4) is 0 Å². The van der Waals surface area contributed by atoms with Crippen molar-refractivity contribution in [2.75, 3.05) is 20.1 Å². The van der Waals surface area contributed by atoms with Crippen LogP contribution in [0, 0.1) is 0 Å². The molecule has 0 aromatic carbocycles. The van der Waals surface area contributed by atoms with Gasteiger partial charge in [-0.05, 0) is 29.3 Å². The van der Waals surface area contributed by atoms with Crippen molar-refractivity contribution in [3.8, 4) is 0 Å². The predicted octanol–water partition coefficient (Wildman–Crippen LogP) is 2.56. The number of nitrogens with one attached hydrogen (secondary N) is 1. The quantitative estimate of drug-likeness (QED) is 0.453. The number of nitrogens with zero attached hydrogens (tertiary/aromatic N) is 5. The highest BCUT2D eigenvalue weighted by molar-refractivity contribution is 7.07. The minimum absolute atomic E-state index is 0.628. The first-order valence-corrected chi connectivity index (χ1v) is 9.06. The Morgan fingerprint density at radius 3 is 3.00 bits per heavy atom. The van der Waals surface area contributed by atoms with Gasteiger partial charge in [0.1, 0.15) is 12.2 Å². The summed E-state index contributed by atoms with van der Waals surface area (Å²) in [5, 5.41) is 15.8. The highest BCUT2D eigenvalue weighted by Gasteiger charge is 2.08. The molecule has 0 bridgehead atoms. The molecule has 0 amide bonds. The number of hydrogen-bond acceptors (Lipinski definition) is 4. The first-order valence-electron chi connectivity index (χ1n) is 8.11. The van der Waals surface area contributed by atoms with Gasteiger partial charge in [0.2, 0.25) is 0 Å².